The molecule has 0 bridgehead atoms. The van der Waals surface area contributed by atoms with Crippen molar-refractivity contribution in [2.24, 2.45) is 5.41 Å². The van der Waals surface area contributed by atoms with E-state index in [0.29, 0.717) is 0 Å². The number of hydrogen-bond acceptors (Lipinski definition) is 2. The maximum absolute atomic E-state index is 9.96. The summed E-state index contributed by atoms with van der Waals surface area (Å²) < 4.78 is 0. The van der Waals surface area contributed by atoms with Crippen molar-refractivity contribution in [1.29, 1.82) is 0 Å². The summed E-state index contributed by atoms with van der Waals surface area (Å²) in [5.74, 6) is 0. The van der Waals surface area contributed by atoms with Crippen molar-refractivity contribution >= 4 is 0 Å². The third-order valence-electron chi connectivity index (χ3n) is 3.55. The maximum Gasteiger partial charge on any atom is 0.0615 e. The molecule has 0 aliphatic carbocycles. The van der Waals surface area contributed by atoms with Crippen molar-refractivity contribution in [3.05, 3.63) is 0 Å². The molecule has 0 heterocycles. The van der Waals surface area contributed by atoms with Crippen molar-refractivity contribution in [3.8, 4) is 0 Å². The zero-order valence-corrected chi connectivity index (χ0v) is 10.6. The Bertz CT molecular complexity index is 141. The molecule has 0 aliphatic heterocycles. The molecule has 0 aliphatic rings. The number of rotatable bonds is 9. The van der Waals surface area contributed by atoms with Crippen LogP contribution in [0, 0.1) is 5.41 Å². The lowest BCUT2D eigenvalue weighted by molar-refractivity contribution is -0.0137. The van der Waals surface area contributed by atoms with Crippen LogP contribution in [0.15, 0.2) is 0 Å². The minimum atomic E-state index is -0.353. The van der Waals surface area contributed by atoms with Gasteiger partial charge < -0.3 is 10.2 Å². The Labute approximate surface area is 94.7 Å². The summed E-state index contributed by atoms with van der Waals surface area (Å²) in [6.07, 6.45) is 7.41. The number of aliphatic hydroxyl groups excluding tert-OH is 2. The lowest BCUT2D eigenvalue weighted by Crippen LogP contribution is -2.35. The zero-order chi connectivity index (χ0) is 11.7. The smallest absolute Gasteiger partial charge is 0.0615 e. The van der Waals surface area contributed by atoms with Gasteiger partial charge in [0.1, 0.15) is 0 Å². The van der Waals surface area contributed by atoms with Gasteiger partial charge in [0.2, 0.25) is 0 Å². The lowest BCUT2D eigenvalue weighted by Gasteiger charge is -2.31. The molecule has 0 spiro atoms. The molecule has 92 valence electrons. The van der Waals surface area contributed by atoms with Gasteiger partial charge in [0.25, 0.3) is 0 Å². The van der Waals surface area contributed by atoms with Crippen LogP contribution in [-0.4, -0.2) is 22.9 Å². The number of unbranched alkanes of at least 4 members (excludes halogenated alkanes) is 4. The fourth-order valence-electron chi connectivity index (χ4n) is 1.74. The molecule has 0 rings (SSSR count). The first kappa shape index (κ1) is 14.9. The van der Waals surface area contributed by atoms with E-state index in [9.17, 15) is 10.2 Å². The van der Waals surface area contributed by atoms with Crippen LogP contribution < -0.4 is 0 Å². The van der Waals surface area contributed by atoms with E-state index in [4.69, 9.17) is 0 Å². The summed E-state index contributed by atoms with van der Waals surface area (Å²) in [6.45, 7) is 6.27. The van der Waals surface area contributed by atoms with Crippen LogP contribution in [-0.2, 0) is 0 Å². The first-order valence-corrected chi connectivity index (χ1v) is 6.39. The highest BCUT2D eigenvalue weighted by atomic mass is 16.3. The largest absolute Gasteiger partial charge is 0.396 e. The Hall–Kier alpha value is -0.0800. The Morgan fingerprint density at radius 2 is 1.67 bits per heavy atom. The summed E-state index contributed by atoms with van der Waals surface area (Å²) in [4.78, 5) is 0. The second-order valence-electron chi connectivity index (χ2n) is 4.88. The summed E-state index contributed by atoms with van der Waals surface area (Å²) in [6, 6.07) is 0. The highest BCUT2D eigenvalue weighted by molar-refractivity contribution is 4.80. The van der Waals surface area contributed by atoms with E-state index in [2.05, 4.69) is 6.92 Å². The van der Waals surface area contributed by atoms with Crippen molar-refractivity contribution in [2.45, 2.75) is 71.8 Å². The third kappa shape index (κ3) is 5.53. The molecule has 2 N–H and O–H groups in total. The normalized spacial score (nSPS) is 17.4. The van der Waals surface area contributed by atoms with E-state index >= 15 is 0 Å². The molecule has 0 aromatic carbocycles. The molecule has 0 amide bonds. The van der Waals surface area contributed by atoms with E-state index in [1.807, 2.05) is 13.8 Å². The van der Waals surface area contributed by atoms with Crippen LogP contribution in [0.3, 0.4) is 0 Å². The summed E-state index contributed by atoms with van der Waals surface area (Å²) >= 11 is 0. The van der Waals surface area contributed by atoms with E-state index in [-0.39, 0.29) is 18.1 Å². The van der Waals surface area contributed by atoms with Crippen molar-refractivity contribution in [3.63, 3.8) is 0 Å². The fourth-order valence-corrected chi connectivity index (χ4v) is 1.74. The topological polar surface area (TPSA) is 40.5 Å². The van der Waals surface area contributed by atoms with Crippen LogP contribution >= 0.6 is 0 Å². The van der Waals surface area contributed by atoms with Crippen LogP contribution in [0.1, 0.15) is 65.7 Å². The molecule has 2 atom stereocenters. The quantitative estimate of drug-likeness (QED) is 0.581. The second-order valence-corrected chi connectivity index (χ2v) is 4.88. The zero-order valence-electron chi connectivity index (χ0n) is 10.6. The van der Waals surface area contributed by atoms with Crippen molar-refractivity contribution < 1.29 is 10.2 Å². The van der Waals surface area contributed by atoms with Crippen LogP contribution in [0.5, 0.6) is 0 Å². The van der Waals surface area contributed by atoms with E-state index in [1.165, 1.54) is 25.7 Å². The molecular formula is C13H28O2. The predicted octanol–water partition coefficient (Wildman–Crippen LogP) is 3.12. The summed E-state index contributed by atoms with van der Waals surface area (Å²) in [7, 11) is 0. The van der Waals surface area contributed by atoms with Gasteiger partial charge in [-0.05, 0) is 12.8 Å². The Balaban J connectivity index is 3.67. The molecule has 0 fully saturated rings. The fraction of sp³-hybridized carbons (Fsp3) is 1.00. The predicted molar refractivity (Wildman–Crippen MR) is 64.9 cm³/mol. The minimum absolute atomic E-state index is 0.0830. The molecule has 15 heavy (non-hydrogen) atoms. The highest BCUT2D eigenvalue weighted by Crippen LogP contribution is 2.28. The molecular weight excluding hydrogens is 188 g/mol. The standard InChI is InChI=1S/C13H28O2/c1-4-6-7-8-9-10-12(15)13(3,5-2)11-14/h12,14-15H,4-11H2,1-3H3. The monoisotopic (exact) mass is 216 g/mol. The molecule has 0 saturated heterocycles. The van der Waals surface area contributed by atoms with Crippen LogP contribution in [0.4, 0.5) is 0 Å². The van der Waals surface area contributed by atoms with Gasteiger partial charge in [0.15, 0.2) is 0 Å². The Morgan fingerprint density at radius 3 is 2.13 bits per heavy atom. The van der Waals surface area contributed by atoms with Gasteiger partial charge in [0.05, 0.1) is 12.7 Å². The van der Waals surface area contributed by atoms with E-state index < -0.39 is 0 Å². The van der Waals surface area contributed by atoms with Crippen molar-refractivity contribution in [1.82, 2.24) is 0 Å². The second kappa shape index (κ2) is 8.12. The number of hydrogen-bond donors (Lipinski definition) is 2. The van der Waals surface area contributed by atoms with Gasteiger partial charge in [-0.2, -0.15) is 0 Å². The summed E-state index contributed by atoms with van der Waals surface area (Å²) in [5, 5.41) is 19.2. The van der Waals surface area contributed by atoms with Gasteiger partial charge in [-0.15, -0.1) is 0 Å². The van der Waals surface area contributed by atoms with E-state index in [0.717, 1.165) is 19.3 Å². The molecule has 2 nitrogen and oxygen atoms in total. The minimum Gasteiger partial charge on any atom is -0.396 e. The Kier molecular flexibility index (Phi) is 8.07. The van der Waals surface area contributed by atoms with Crippen LogP contribution in [0.25, 0.3) is 0 Å². The molecule has 2 heteroatoms. The first-order chi connectivity index (χ1) is 7.10. The SMILES string of the molecule is CCCCCCCC(O)C(C)(CC)CO. The molecule has 0 aromatic rings. The molecule has 2 unspecified atom stereocenters. The number of aliphatic hydroxyl groups is 2. The van der Waals surface area contributed by atoms with Gasteiger partial charge in [0, 0.05) is 5.41 Å². The van der Waals surface area contributed by atoms with Crippen molar-refractivity contribution in [2.75, 3.05) is 6.61 Å². The highest BCUT2D eigenvalue weighted by Gasteiger charge is 2.29. The third-order valence-corrected chi connectivity index (χ3v) is 3.55. The maximum atomic E-state index is 9.96. The van der Waals surface area contributed by atoms with Gasteiger partial charge >= 0.3 is 0 Å². The summed E-state index contributed by atoms with van der Waals surface area (Å²) in [5.41, 5.74) is -0.301. The van der Waals surface area contributed by atoms with Gasteiger partial charge in [-0.1, -0.05) is 52.9 Å². The molecule has 0 saturated carbocycles. The molecule has 0 radical (unpaired) electrons. The van der Waals surface area contributed by atoms with Crippen LogP contribution in [0.2, 0.25) is 0 Å². The van der Waals surface area contributed by atoms with E-state index in [1.54, 1.807) is 0 Å². The average Bonchev–Trinajstić information content (AvgIpc) is 2.27. The lowest BCUT2D eigenvalue weighted by atomic mass is 9.80. The van der Waals surface area contributed by atoms with Gasteiger partial charge in [-0.3, -0.25) is 0 Å². The molecule has 0 aromatic heterocycles. The first-order valence-electron chi connectivity index (χ1n) is 6.39. The van der Waals surface area contributed by atoms with Gasteiger partial charge in [-0.25, -0.2) is 0 Å². The average molecular weight is 216 g/mol. The Morgan fingerprint density at radius 1 is 1.07 bits per heavy atom.